The number of aromatic nitrogens is 1. The van der Waals surface area contributed by atoms with Crippen molar-refractivity contribution in [1.82, 2.24) is 10.3 Å². The molecule has 1 aliphatic rings. The summed E-state index contributed by atoms with van der Waals surface area (Å²) in [4.78, 5) is 15.0. The van der Waals surface area contributed by atoms with Gasteiger partial charge in [0.2, 0.25) is 5.91 Å². The average Bonchev–Trinajstić information content (AvgIpc) is 3.15. The summed E-state index contributed by atoms with van der Waals surface area (Å²) in [5, 5.41) is 4.57. The topological polar surface area (TPSA) is 70.9 Å². The lowest BCUT2D eigenvalue weighted by Crippen LogP contribution is -2.33. The number of amides is 1. The third-order valence-corrected chi connectivity index (χ3v) is 6.33. The Balaban J connectivity index is 1.33. The predicted octanol–water partition coefficient (Wildman–Crippen LogP) is 4.34. The minimum atomic E-state index is -0.372. The van der Waals surface area contributed by atoms with E-state index in [2.05, 4.69) is 46.7 Å². The van der Waals surface area contributed by atoms with Crippen LogP contribution in [0.2, 0.25) is 0 Å². The van der Waals surface area contributed by atoms with E-state index in [1.165, 1.54) is 11.1 Å². The van der Waals surface area contributed by atoms with Crippen molar-refractivity contribution in [3.8, 4) is 0 Å². The van der Waals surface area contributed by atoms with Gasteiger partial charge >= 0.3 is 0 Å². The molecular weight excluding hydrogens is 366 g/mol. The summed E-state index contributed by atoms with van der Waals surface area (Å²) in [5.41, 5.74) is 11.0. The van der Waals surface area contributed by atoms with Crippen LogP contribution in [0.15, 0.2) is 60.8 Å². The molecule has 1 atom stereocenters. The van der Waals surface area contributed by atoms with Crippen LogP contribution in [-0.4, -0.2) is 29.2 Å². The Kier molecular flexibility index (Phi) is 5.84. The van der Waals surface area contributed by atoms with E-state index in [1.54, 1.807) is 6.07 Å². The van der Waals surface area contributed by atoms with Crippen molar-refractivity contribution < 1.29 is 4.79 Å². The van der Waals surface area contributed by atoms with Crippen molar-refractivity contribution >= 4 is 34.1 Å². The molecule has 3 aromatic rings. The number of hydrogen-bond acceptors (Lipinski definition) is 3. The number of carbonyl (C=O) groups is 1. The van der Waals surface area contributed by atoms with E-state index in [0.29, 0.717) is 11.6 Å². The van der Waals surface area contributed by atoms with Crippen LogP contribution in [0.1, 0.15) is 34.3 Å². The monoisotopic (exact) mass is 391 g/mol. The van der Waals surface area contributed by atoms with Crippen LogP contribution < -0.4 is 11.1 Å². The van der Waals surface area contributed by atoms with E-state index in [1.807, 2.05) is 30.1 Å². The molecule has 1 unspecified atom stereocenters. The van der Waals surface area contributed by atoms with E-state index in [-0.39, 0.29) is 5.91 Å². The van der Waals surface area contributed by atoms with Gasteiger partial charge in [-0.05, 0) is 47.4 Å². The molecule has 4 N–H and O–H groups in total. The van der Waals surface area contributed by atoms with Crippen LogP contribution in [0.5, 0.6) is 0 Å². The number of aromatic amines is 1. The Hall–Kier alpha value is -2.50. The van der Waals surface area contributed by atoms with Gasteiger partial charge in [-0.2, -0.15) is 11.8 Å². The highest BCUT2D eigenvalue weighted by molar-refractivity contribution is 7.98. The molecule has 0 bridgehead atoms. The van der Waals surface area contributed by atoms with Crippen molar-refractivity contribution in [2.24, 2.45) is 5.73 Å². The molecule has 2 aromatic carbocycles. The Labute approximate surface area is 169 Å². The number of H-pyrrole nitrogens is 1. The normalized spacial score (nSPS) is 16.9. The summed E-state index contributed by atoms with van der Waals surface area (Å²) < 4.78 is 0. The maximum atomic E-state index is 11.7. The lowest BCUT2D eigenvalue weighted by atomic mass is 9.94. The molecule has 2 heterocycles. The third kappa shape index (κ3) is 4.16. The van der Waals surface area contributed by atoms with Gasteiger partial charge in [-0.1, -0.05) is 42.5 Å². The van der Waals surface area contributed by atoms with Crippen LogP contribution in [0, 0.1) is 0 Å². The smallest absolute Gasteiger partial charge is 0.249 e. The SMILES string of the molecule is NC(=O)c1cccc2[nH]cc(CSCCC3CC(c4ccccc4)=CCN3)c12. The Morgan fingerprint density at radius 2 is 2.00 bits per heavy atom. The first-order chi connectivity index (χ1) is 13.7. The predicted molar refractivity (Wildman–Crippen MR) is 118 cm³/mol. The number of benzene rings is 2. The van der Waals surface area contributed by atoms with Gasteiger partial charge in [0, 0.05) is 41.0 Å². The highest BCUT2D eigenvalue weighted by atomic mass is 32.2. The summed E-state index contributed by atoms with van der Waals surface area (Å²) in [5.74, 6) is 1.58. The number of hydrogen-bond donors (Lipinski definition) is 3. The molecule has 0 radical (unpaired) electrons. The molecule has 4 nitrogen and oxygen atoms in total. The van der Waals surface area contributed by atoms with Crippen LogP contribution in [-0.2, 0) is 5.75 Å². The van der Waals surface area contributed by atoms with Gasteiger partial charge in [0.15, 0.2) is 0 Å². The molecule has 1 aromatic heterocycles. The van der Waals surface area contributed by atoms with Gasteiger partial charge in [-0.25, -0.2) is 0 Å². The maximum Gasteiger partial charge on any atom is 0.249 e. The molecule has 1 aliphatic heterocycles. The standard InChI is InChI=1S/C23H25N3OS/c24-23(27)20-7-4-8-21-22(20)18(14-26-21)15-28-12-10-19-13-17(9-11-25-19)16-5-2-1-3-6-16/h1-9,14,19,25-26H,10-13,15H2,(H2,24,27). The van der Waals surface area contributed by atoms with E-state index >= 15 is 0 Å². The second kappa shape index (κ2) is 8.67. The molecule has 1 amide bonds. The fourth-order valence-corrected chi connectivity index (χ4v) is 4.89. The number of rotatable bonds is 7. The summed E-state index contributed by atoms with van der Waals surface area (Å²) in [6.07, 6.45) is 6.50. The van der Waals surface area contributed by atoms with Gasteiger partial charge in [0.05, 0.1) is 0 Å². The van der Waals surface area contributed by atoms with Gasteiger partial charge in [0.1, 0.15) is 0 Å². The number of nitrogens with one attached hydrogen (secondary N) is 2. The summed E-state index contributed by atoms with van der Waals surface area (Å²) in [6.45, 7) is 0.935. The second-order valence-corrected chi connectivity index (χ2v) is 8.26. The molecule has 4 rings (SSSR count). The first kappa shape index (κ1) is 18.8. The first-order valence-corrected chi connectivity index (χ1v) is 10.8. The summed E-state index contributed by atoms with van der Waals surface area (Å²) in [6, 6.07) is 16.8. The molecule has 0 aliphatic carbocycles. The van der Waals surface area contributed by atoms with Crippen molar-refractivity contribution in [3.05, 3.63) is 77.5 Å². The van der Waals surface area contributed by atoms with Gasteiger partial charge in [0.25, 0.3) is 0 Å². The number of carbonyl (C=O) groups excluding carboxylic acids is 1. The molecule has 0 saturated carbocycles. The molecule has 0 fully saturated rings. The molecule has 5 heteroatoms. The zero-order valence-corrected chi connectivity index (χ0v) is 16.6. The van der Waals surface area contributed by atoms with E-state index in [4.69, 9.17) is 5.73 Å². The zero-order valence-electron chi connectivity index (χ0n) is 15.8. The maximum absolute atomic E-state index is 11.7. The van der Waals surface area contributed by atoms with Crippen LogP contribution >= 0.6 is 11.8 Å². The minimum absolute atomic E-state index is 0.372. The second-order valence-electron chi connectivity index (χ2n) is 7.15. The molecule has 28 heavy (non-hydrogen) atoms. The number of nitrogens with two attached hydrogens (primary N) is 1. The van der Waals surface area contributed by atoms with Gasteiger partial charge < -0.3 is 16.0 Å². The molecule has 144 valence electrons. The Bertz CT molecular complexity index is 994. The highest BCUT2D eigenvalue weighted by Crippen LogP contribution is 2.28. The van der Waals surface area contributed by atoms with E-state index in [0.717, 1.165) is 47.4 Å². The minimum Gasteiger partial charge on any atom is -0.366 e. The van der Waals surface area contributed by atoms with Crippen molar-refractivity contribution in [1.29, 1.82) is 0 Å². The van der Waals surface area contributed by atoms with Crippen molar-refractivity contribution in [3.63, 3.8) is 0 Å². The largest absolute Gasteiger partial charge is 0.366 e. The highest BCUT2D eigenvalue weighted by Gasteiger charge is 2.16. The van der Waals surface area contributed by atoms with Crippen LogP contribution in [0.4, 0.5) is 0 Å². The van der Waals surface area contributed by atoms with Crippen LogP contribution in [0.3, 0.4) is 0 Å². The Morgan fingerprint density at radius 1 is 1.14 bits per heavy atom. The zero-order chi connectivity index (χ0) is 19.3. The molecule has 0 spiro atoms. The first-order valence-electron chi connectivity index (χ1n) is 9.66. The van der Waals surface area contributed by atoms with E-state index in [9.17, 15) is 4.79 Å². The third-order valence-electron chi connectivity index (χ3n) is 5.29. The van der Waals surface area contributed by atoms with Crippen molar-refractivity contribution in [2.45, 2.75) is 24.6 Å². The number of fused-ring (bicyclic) bond motifs is 1. The van der Waals surface area contributed by atoms with Gasteiger partial charge in [-0.3, -0.25) is 4.79 Å². The van der Waals surface area contributed by atoms with E-state index < -0.39 is 0 Å². The molecule has 0 saturated heterocycles. The fourth-order valence-electron chi connectivity index (χ4n) is 3.84. The molecular formula is C23H25N3OS. The van der Waals surface area contributed by atoms with Crippen LogP contribution in [0.25, 0.3) is 16.5 Å². The number of thioether (sulfide) groups is 1. The summed E-state index contributed by atoms with van der Waals surface area (Å²) >= 11 is 1.91. The summed E-state index contributed by atoms with van der Waals surface area (Å²) in [7, 11) is 0. The lowest BCUT2D eigenvalue weighted by molar-refractivity contribution is 0.100. The number of primary amides is 1. The van der Waals surface area contributed by atoms with Gasteiger partial charge in [-0.15, -0.1) is 0 Å². The lowest BCUT2D eigenvalue weighted by Gasteiger charge is -2.24. The quantitative estimate of drug-likeness (QED) is 0.525. The Morgan fingerprint density at radius 3 is 2.82 bits per heavy atom. The fraction of sp³-hybridized carbons (Fsp3) is 0.261. The average molecular weight is 392 g/mol. The van der Waals surface area contributed by atoms with Crippen molar-refractivity contribution in [2.75, 3.05) is 12.3 Å².